The molecule has 2 heteroatoms. The van der Waals surface area contributed by atoms with Gasteiger partial charge in [0.1, 0.15) is 0 Å². The van der Waals surface area contributed by atoms with Crippen LogP contribution in [0.25, 0.3) is 0 Å². The molecule has 0 aromatic carbocycles. The predicted molar refractivity (Wildman–Crippen MR) is 81.4 cm³/mol. The van der Waals surface area contributed by atoms with E-state index < -0.39 is 0 Å². The van der Waals surface area contributed by atoms with Gasteiger partial charge in [-0.2, -0.15) is 0 Å². The fourth-order valence-electron chi connectivity index (χ4n) is 3.09. The van der Waals surface area contributed by atoms with E-state index in [1.54, 1.807) is 4.88 Å². The zero-order valence-electron chi connectivity index (χ0n) is 11.9. The number of hydrogen-bond donors (Lipinski definition) is 1. The number of nitrogens with one attached hydrogen (secondary N) is 1. The highest BCUT2D eigenvalue weighted by Gasteiger charge is 2.18. The topological polar surface area (TPSA) is 12.0 Å². The van der Waals surface area contributed by atoms with E-state index in [1.807, 2.05) is 11.3 Å². The van der Waals surface area contributed by atoms with Crippen molar-refractivity contribution in [2.24, 2.45) is 5.92 Å². The summed E-state index contributed by atoms with van der Waals surface area (Å²) in [7, 11) is 2.13. The van der Waals surface area contributed by atoms with Crippen LogP contribution >= 0.6 is 11.3 Å². The number of aryl methyl sites for hydroxylation is 1. The van der Waals surface area contributed by atoms with Crippen molar-refractivity contribution in [1.82, 2.24) is 5.32 Å². The maximum absolute atomic E-state index is 3.53. The zero-order chi connectivity index (χ0) is 12.8. The third-order valence-corrected chi connectivity index (χ3v) is 5.52. The summed E-state index contributed by atoms with van der Waals surface area (Å²) < 4.78 is 0. The molecule has 0 amide bonds. The van der Waals surface area contributed by atoms with Gasteiger partial charge in [0.15, 0.2) is 0 Å². The molecular weight excluding hydrogens is 238 g/mol. The monoisotopic (exact) mass is 265 g/mol. The van der Waals surface area contributed by atoms with E-state index in [9.17, 15) is 0 Å². The van der Waals surface area contributed by atoms with Crippen LogP contribution in [0.3, 0.4) is 0 Å². The van der Waals surface area contributed by atoms with Gasteiger partial charge in [0.2, 0.25) is 0 Å². The molecule has 0 bridgehead atoms. The van der Waals surface area contributed by atoms with E-state index in [0.717, 1.165) is 5.92 Å². The lowest BCUT2D eigenvalue weighted by Gasteiger charge is -2.26. The van der Waals surface area contributed by atoms with Gasteiger partial charge in [0, 0.05) is 15.8 Å². The first kappa shape index (κ1) is 14.1. The Morgan fingerprint density at radius 1 is 1.22 bits per heavy atom. The Bertz CT molecular complexity index is 339. The molecule has 0 spiro atoms. The molecule has 1 heterocycles. The molecule has 1 aromatic rings. The molecule has 0 saturated heterocycles. The van der Waals surface area contributed by atoms with E-state index in [1.165, 1.54) is 56.2 Å². The SMILES string of the molecule is CCc1ccc(CC(CC2CCCCC2)NC)s1. The van der Waals surface area contributed by atoms with E-state index >= 15 is 0 Å². The lowest BCUT2D eigenvalue weighted by molar-refractivity contribution is 0.303. The molecular formula is C16H27NS. The molecule has 2 rings (SSSR count). The van der Waals surface area contributed by atoms with Crippen LogP contribution in [-0.2, 0) is 12.8 Å². The molecule has 1 N–H and O–H groups in total. The van der Waals surface area contributed by atoms with Crippen LogP contribution in [0, 0.1) is 5.92 Å². The van der Waals surface area contributed by atoms with Gasteiger partial charge in [-0.3, -0.25) is 0 Å². The van der Waals surface area contributed by atoms with Crippen LogP contribution in [0.1, 0.15) is 55.2 Å². The van der Waals surface area contributed by atoms with Crippen LogP contribution < -0.4 is 5.32 Å². The Morgan fingerprint density at radius 3 is 2.56 bits per heavy atom. The molecule has 1 saturated carbocycles. The number of thiophene rings is 1. The Kier molecular flexibility index (Phi) is 5.71. The third-order valence-electron chi connectivity index (χ3n) is 4.26. The lowest BCUT2D eigenvalue weighted by Crippen LogP contribution is -2.30. The molecule has 0 radical (unpaired) electrons. The summed E-state index contributed by atoms with van der Waals surface area (Å²) in [5.74, 6) is 0.974. The van der Waals surface area contributed by atoms with Gasteiger partial charge >= 0.3 is 0 Å². The smallest absolute Gasteiger partial charge is 0.0115 e. The van der Waals surface area contributed by atoms with Crippen LogP contribution in [0.4, 0.5) is 0 Å². The molecule has 1 nitrogen and oxygen atoms in total. The molecule has 1 aliphatic carbocycles. The minimum absolute atomic E-state index is 0.677. The summed E-state index contributed by atoms with van der Waals surface area (Å²) in [6.45, 7) is 2.24. The molecule has 102 valence electrons. The zero-order valence-corrected chi connectivity index (χ0v) is 12.7. The number of rotatable bonds is 6. The standard InChI is InChI=1S/C16H27NS/c1-3-15-9-10-16(18-15)12-14(17-2)11-13-7-5-4-6-8-13/h9-10,13-14,17H,3-8,11-12H2,1-2H3. The van der Waals surface area contributed by atoms with Crippen LogP contribution in [0.2, 0.25) is 0 Å². The summed E-state index contributed by atoms with van der Waals surface area (Å²) in [4.78, 5) is 3.08. The minimum Gasteiger partial charge on any atom is -0.317 e. The van der Waals surface area contributed by atoms with E-state index in [0.29, 0.717) is 6.04 Å². The maximum atomic E-state index is 3.53. The maximum Gasteiger partial charge on any atom is 0.0115 e. The van der Waals surface area contributed by atoms with Gasteiger partial charge in [-0.15, -0.1) is 11.3 Å². The lowest BCUT2D eigenvalue weighted by atomic mass is 9.84. The second kappa shape index (κ2) is 7.30. The van der Waals surface area contributed by atoms with Crippen LogP contribution in [0.15, 0.2) is 12.1 Å². The molecule has 1 atom stereocenters. The van der Waals surface area contributed by atoms with Gasteiger partial charge in [0.25, 0.3) is 0 Å². The molecule has 1 unspecified atom stereocenters. The van der Waals surface area contributed by atoms with Crippen molar-refractivity contribution in [2.75, 3.05) is 7.05 Å². The fourth-order valence-corrected chi connectivity index (χ4v) is 4.13. The highest BCUT2D eigenvalue weighted by atomic mass is 32.1. The third kappa shape index (κ3) is 4.10. The van der Waals surface area contributed by atoms with Gasteiger partial charge in [-0.1, -0.05) is 39.0 Å². The molecule has 1 aliphatic rings. The van der Waals surface area contributed by atoms with Gasteiger partial charge in [0.05, 0.1) is 0 Å². The Balaban J connectivity index is 1.84. The summed E-state index contributed by atoms with van der Waals surface area (Å²) in [5, 5.41) is 3.53. The van der Waals surface area contributed by atoms with Gasteiger partial charge in [-0.05, 0) is 44.4 Å². The van der Waals surface area contributed by atoms with Crippen molar-refractivity contribution in [2.45, 2.75) is 64.3 Å². The van der Waals surface area contributed by atoms with Crippen LogP contribution in [-0.4, -0.2) is 13.1 Å². The highest BCUT2D eigenvalue weighted by molar-refractivity contribution is 7.11. The number of likely N-dealkylation sites (N-methyl/N-ethyl adjacent to an activating group) is 1. The van der Waals surface area contributed by atoms with Crippen LogP contribution in [0.5, 0.6) is 0 Å². The second-order valence-corrected chi connectivity index (χ2v) is 6.90. The average Bonchev–Trinajstić information content (AvgIpc) is 2.87. The Morgan fingerprint density at radius 2 is 1.94 bits per heavy atom. The molecule has 1 fully saturated rings. The normalized spacial score (nSPS) is 19.0. The predicted octanol–water partition coefficient (Wildman–Crippen LogP) is 4.41. The quantitative estimate of drug-likeness (QED) is 0.803. The van der Waals surface area contributed by atoms with Crippen molar-refractivity contribution in [1.29, 1.82) is 0 Å². The number of hydrogen-bond acceptors (Lipinski definition) is 2. The second-order valence-electron chi connectivity index (χ2n) is 5.65. The van der Waals surface area contributed by atoms with Gasteiger partial charge < -0.3 is 5.32 Å². The first-order valence-electron chi connectivity index (χ1n) is 7.56. The Labute approximate surface area is 116 Å². The minimum atomic E-state index is 0.677. The summed E-state index contributed by atoms with van der Waals surface area (Å²) >= 11 is 2.00. The largest absolute Gasteiger partial charge is 0.317 e. The van der Waals surface area contributed by atoms with E-state index in [4.69, 9.17) is 0 Å². The van der Waals surface area contributed by atoms with Crippen molar-refractivity contribution in [3.8, 4) is 0 Å². The van der Waals surface area contributed by atoms with Crippen molar-refractivity contribution in [3.63, 3.8) is 0 Å². The van der Waals surface area contributed by atoms with E-state index in [2.05, 4.69) is 31.4 Å². The van der Waals surface area contributed by atoms with Crippen molar-refractivity contribution in [3.05, 3.63) is 21.9 Å². The fraction of sp³-hybridized carbons (Fsp3) is 0.750. The van der Waals surface area contributed by atoms with E-state index in [-0.39, 0.29) is 0 Å². The highest BCUT2D eigenvalue weighted by Crippen LogP contribution is 2.28. The average molecular weight is 265 g/mol. The van der Waals surface area contributed by atoms with Crippen molar-refractivity contribution < 1.29 is 0 Å². The summed E-state index contributed by atoms with van der Waals surface area (Å²) in [5.41, 5.74) is 0. The summed E-state index contributed by atoms with van der Waals surface area (Å²) in [6, 6.07) is 5.30. The molecule has 0 aliphatic heterocycles. The van der Waals surface area contributed by atoms with Crippen molar-refractivity contribution >= 4 is 11.3 Å². The first-order chi connectivity index (χ1) is 8.81. The summed E-state index contributed by atoms with van der Waals surface area (Å²) in [6.07, 6.45) is 11.1. The molecule has 18 heavy (non-hydrogen) atoms. The molecule has 1 aromatic heterocycles. The first-order valence-corrected chi connectivity index (χ1v) is 8.38. The Hall–Kier alpha value is -0.340. The van der Waals surface area contributed by atoms with Gasteiger partial charge in [-0.25, -0.2) is 0 Å².